The monoisotopic (exact) mass is 418 g/mol. The first-order chi connectivity index (χ1) is 15.3. The Morgan fingerprint density at radius 1 is 1.06 bits per heavy atom. The summed E-state index contributed by atoms with van der Waals surface area (Å²) < 4.78 is 29.7. The van der Waals surface area contributed by atoms with Gasteiger partial charge in [0.25, 0.3) is 5.89 Å². The summed E-state index contributed by atoms with van der Waals surface area (Å²) in [5.41, 5.74) is 3.33. The van der Waals surface area contributed by atoms with Crippen molar-refractivity contribution in [3.8, 4) is 40.2 Å². The van der Waals surface area contributed by atoms with Gasteiger partial charge in [0.15, 0.2) is 17.2 Å². The maximum atomic E-state index is 6.06. The van der Waals surface area contributed by atoms with E-state index in [-0.39, 0.29) is 12.9 Å². The van der Waals surface area contributed by atoms with E-state index < -0.39 is 0 Å². The highest BCUT2D eigenvalue weighted by Crippen LogP contribution is 2.37. The van der Waals surface area contributed by atoms with E-state index in [1.807, 2.05) is 53.2 Å². The molecule has 1 atom stereocenters. The van der Waals surface area contributed by atoms with Crippen LogP contribution in [0.3, 0.4) is 0 Å². The summed E-state index contributed by atoms with van der Waals surface area (Å²) in [7, 11) is 1.61. The molecule has 2 aromatic heterocycles. The predicted octanol–water partition coefficient (Wildman–Crippen LogP) is 3.61. The van der Waals surface area contributed by atoms with Gasteiger partial charge in [0.05, 0.1) is 31.5 Å². The lowest BCUT2D eigenvalue weighted by atomic mass is 10.1. The molecule has 2 aromatic carbocycles. The van der Waals surface area contributed by atoms with Crippen molar-refractivity contribution < 1.29 is 23.5 Å². The molecule has 2 aliphatic rings. The van der Waals surface area contributed by atoms with E-state index in [0.717, 1.165) is 28.3 Å². The third-order valence-electron chi connectivity index (χ3n) is 5.40. The number of rotatable bonds is 4. The van der Waals surface area contributed by atoms with Gasteiger partial charge in [-0.3, -0.25) is 4.68 Å². The van der Waals surface area contributed by atoms with Crippen LogP contribution in [-0.2, 0) is 17.9 Å². The second kappa shape index (κ2) is 7.13. The fourth-order valence-electron chi connectivity index (χ4n) is 3.81. The summed E-state index contributed by atoms with van der Waals surface area (Å²) in [6.45, 7) is 1.25. The van der Waals surface area contributed by atoms with Gasteiger partial charge in [0.1, 0.15) is 11.9 Å². The minimum atomic E-state index is -0.137. The Morgan fingerprint density at radius 3 is 2.90 bits per heavy atom. The lowest BCUT2D eigenvalue weighted by Gasteiger charge is -2.24. The number of nitrogens with zero attached hydrogens (tertiary/aromatic N) is 4. The van der Waals surface area contributed by atoms with Crippen molar-refractivity contribution >= 4 is 0 Å². The molecular weight excluding hydrogens is 400 g/mol. The lowest BCUT2D eigenvalue weighted by Crippen LogP contribution is -2.21. The molecule has 0 aliphatic carbocycles. The molecule has 0 spiro atoms. The topological polar surface area (TPSA) is 93.7 Å². The Kier molecular flexibility index (Phi) is 4.13. The van der Waals surface area contributed by atoms with E-state index in [0.29, 0.717) is 36.3 Å². The summed E-state index contributed by atoms with van der Waals surface area (Å²) >= 11 is 0. The highest BCUT2D eigenvalue weighted by Gasteiger charge is 2.26. The average molecular weight is 418 g/mol. The summed E-state index contributed by atoms with van der Waals surface area (Å²) in [5, 5.41) is 8.77. The van der Waals surface area contributed by atoms with Crippen molar-refractivity contribution in [3.63, 3.8) is 0 Å². The molecule has 31 heavy (non-hydrogen) atoms. The molecule has 0 amide bonds. The van der Waals surface area contributed by atoms with Gasteiger partial charge in [-0.25, -0.2) is 0 Å². The third kappa shape index (κ3) is 3.10. The van der Waals surface area contributed by atoms with Gasteiger partial charge in [-0.05, 0) is 35.9 Å². The van der Waals surface area contributed by atoms with Crippen LogP contribution in [0.5, 0.6) is 17.2 Å². The number of methoxy groups -OCH3 is 1. The molecule has 0 saturated carbocycles. The van der Waals surface area contributed by atoms with Crippen LogP contribution in [-0.4, -0.2) is 33.8 Å². The summed E-state index contributed by atoms with van der Waals surface area (Å²) in [6.07, 6.45) is -0.137. The summed E-state index contributed by atoms with van der Waals surface area (Å²) in [4.78, 5) is 4.51. The number of hydrogen-bond donors (Lipinski definition) is 0. The smallest absolute Gasteiger partial charge is 0.278 e. The van der Waals surface area contributed by atoms with Gasteiger partial charge in [-0.15, -0.1) is 0 Å². The number of ether oxygens (including phenoxy) is 4. The highest BCUT2D eigenvalue weighted by molar-refractivity contribution is 5.65. The molecule has 0 saturated heterocycles. The molecule has 6 rings (SSSR count). The molecule has 0 radical (unpaired) electrons. The normalized spacial score (nSPS) is 16.9. The molecule has 9 nitrogen and oxygen atoms in total. The van der Waals surface area contributed by atoms with Gasteiger partial charge in [0.2, 0.25) is 12.6 Å². The Bertz CT molecular complexity index is 1260. The second-order valence-electron chi connectivity index (χ2n) is 7.24. The van der Waals surface area contributed by atoms with Crippen LogP contribution in [0.4, 0.5) is 0 Å². The minimum absolute atomic E-state index is 0.137. The summed E-state index contributed by atoms with van der Waals surface area (Å²) in [5.74, 6) is 2.97. The Labute approximate surface area is 177 Å². The lowest BCUT2D eigenvalue weighted by molar-refractivity contribution is -0.00122. The minimum Gasteiger partial charge on any atom is -0.496 e. The number of para-hydroxylation sites is 1. The molecule has 4 heterocycles. The van der Waals surface area contributed by atoms with Crippen LogP contribution >= 0.6 is 0 Å². The zero-order valence-corrected chi connectivity index (χ0v) is 16.6. The molecule has 0 N–H and O–H groups in total. The number of benzene rings is 2. The molecular formula is C22H18N4O5. The Morgan fingerprint density at radius 2 is 1.97 bits per heavy atom. The third-order valence-corrected chi connectivity index (χ3v) is 5.40. The first-order valence-corrected chi connectivity index (χ1v) is 9.84. The van der Waals surface area contributed by atoms with Gasteiger partial charge >= 0.3 is 0 Å². The van der Waals surface area contributed by atoms with Crippen molar-refractivity contribution in [3.05, 3.63) is 59.8 Å². The van der Waals surface area contributed by atoms with E-state index in [1.165, 1.54) is 0 Å². The van der Waals surface area contributed by atoms with E-state index >= 15 is 0 Å². The predicted molar refractivity (Wildman–Crippen MR) is 108 cm³/mol. The molecule has 0 fully saturated rings. The van der Waals surface area contributed by atoms with Crippen molar-refractivity contribution in [1.29, 1.82) is 0 Å². The number of aromatic nitrogens is 4. The van der Waals surface area contributed by atoms with E-state index in [4.69, 9.17) is 23.5 Å². The highest BCUT2D eigenvalue weighted by atomic mass is 16.7. The standard InChI is InChI=1S/C22H18N4O5/c1-27-17-5-3-2-4-15(17)21-23-22(31-25-21)16-9-14-11-28-20(10-26(14)24-16)13-6-7-18-19(8-13)30-12-29-18/h2-9,20H,10-12H2,1H3/t20-/m1/s1. The zero-order valence-electron chi connectivity index (χ0n) is 16.6. The fraction of sp³-hybridized carbons (Fsp3) is 0.227. The van der Waals surface area contributed by atoms with Crippen LogP contribution in [0.2, 0.25) is 0 Å². The van der Waals surface area contributed by atoms with E-state index in [1.54, 1.807) is 7.11 Å². The molecule has 2 aliphatic heterocycles. The quantitative estimate of drug-likeness (QED) is 0.496. The molecule has 0 unspecified atom stereocenters. The zero-order chi connectivity index (χ0) is 20.8. The SMILES string of the molecule is COc1ccccc1-c1noc(-c2cc3n(n2)C[C@H](c2ccc4c(c2)OCO4)OC3)n1. The van der Waals surface area contributed by atoms with Crippen LogP contribution < -0.4 is 14.2 Å². The van der Waals surface area contributed by atoms with Gasteiger partial charge in [0, 0.05) is 0 Å². The van der Waals surface area contributed by atoms with E-state index in [2.05, 4.69) is 15.2 Å². The fourth-order valence-corrected chi connectivity index (χ4v) is 3.81. The van der Waals surface area contributed by atoms with Crippen LogP contribution in [0, 0.1) is 0 Å². The van der Waals surface area contributed by atoms with E-state index in [9.17, 15) is 0 Å². The van der Waals surface area contributed by atoms with Gasteiger partial charge < -0.3 is 23.5 Å². The Balaban J connectivity index is 1.26. The molecule has 9 heteroatoms. The molecule has 0 bridgehead atoms. The average Bonchev–Trinajstić information content (AvgIpc) is 3.56. The van der Waals surface area contributed by atoms with Crippen molar-refractivity contribution in [2.45, 2.75) is 19.3 Å². The van der Waals surface area contributed by atoms with Crippen molar-refractivity contribution in [1.82, 2.24) is 19.9 Å². The van der Waals surface area contributed by atoms with Crippen LogP contribution in [0.15, 0.2) is 53.1 Å². The summed E-state index contributed by atoms with van der Waals surface area (Å²) in [6, 6.07) is 15.3. The largest absolute Gasteiger partial charge is 0.496 e. The maximum absolute atomic E-state index is 6.06. The maximum Gasteiger partial charge on any atom is 0.278 e. The second-order valence-corrected chi connectivity index (χ2v) is 7.24. The Hall–Kier alpha value is -3.85. The number of fused-ring (bicyclic) bond motifs is 2. The van der Waals surface area contributed by atoms with Crippen LogP contribution in [0.1, 0.15) is 17.4 Å². The molecule has 4 aromatic rings. The van der Waals surface area contributed by atoms with Gasteiger partial charge in [-0.1, -0.05) is 23.4 Å². The van der Waals surface area contributed by atoms with Crippen LogP contribution in [0.25, 0.3) is 23.0 Å². The van der Waals surface area contributed by atoms with Crippen molar-refractivity contribution in [2.24, 2.45) is 0 Å². The number of hydrogen-bond acceptors (Lipinski definition) is 8. The van der Waals surface area contributed by atoms with Crippen molar-refractivity contribution in [2.75, 3.05) is 13.9 Å². The van der Waals surface area contributed by atoms with Gasteiger partial charge in [-0.2, -0.15) is 10.1 Å². The first-order valence-electron chi connectivity index (χ1n) is 9.84. The first kappa shape index (κ1) is 18.0. The molecule has 156 valence electrons.